The normalized spacial score (nSPS) is 19.3. The van der Waals surface area contributed by atoms with Crippen LogP contribution in [0.4, 0.5) is 0 Å². The summed E-state index contributed by atoms with van der Waals surface area (Å²) < 4.78 is 0. The number of thiophene rings is 1. The molecule has 2 heterocycles. The molecule has 21 heavy (non-hydrogen) atoms. The molecule has 1 aromatic heterocycles. The van der Waals surface area contributed by atoms with E-state index in [0.717, 1.165) is 19.4 Å². The van der Waals surface area contributed by atoms with Gasteiger partial charge in [-0.15, -0.1) is 11.3 Å². The van der Waals surface area contributed by atoms with Crippen LogP contribution in [0.3, 0.4) is 0 Å². The van der Waals surface area contributed by atoms with Gasteiger partial charge in [0, 0.05) is 18.3 Å². The lowest BCUT2D eigenvalue weighted by Crippen LogP contribution is -2.53. The van der Waals surface area contributed by atoms with E-state index in [-0.39, 0.29) is 23.8 Å². The molecule has 116 valence electrons. The molecule has 1 N–H and O–H groups in total. The zero-order valence-corrected chi connectivity index (χ0v) is 14.0. The van der Waals surface area contributed by atoms with Crippen molar-refractivity contribution in [2.75, 3.05) is 6.54 Å². The molecule has 1 aliphatic heterocycles. The van der Waals surface area contributed by atoms with Crippen molar-refractivity contribution in [2.45, 2.75) is 52.6 Å². The molecule has 2 rings (SSSR count). The van der Waals surface area contributed by atoms with Gasteiger partial charge in [0.15, 0.2) is 0 Å². The van der Waals surface area contributed by atoms with Crippen molar-refractivity contribution in [3.8, 4) is 0 Å². The lowest BCUT2D eigenvalue weighted by Gasteiger charge is -2.38. The van der Waals surface area contributed by atoms with E-state index in [9.17, 15) is 9.59 Å². The molecule has 0 aliphatic carbocycles. The smallest absolute Gasteiger partial charge is 0.245 e. The fourth-order valence-electron chi connectivity index (χ4n) is 3.01. The Morgan fingerprint density at radius 3 is 2.76 bits per heavy atom. The lowest BCUT2D eigenvalue weighted by molar-refractivity contribution is -0.140. The summed E-state index contributed by atoms with van der Waals surface area (Å²) in [5, 5.41) is 4.92. The Bertz CT molecular complexity index is 524. The highest BCUT2D eigenvalue weighted by atomic mass is 32.1. The molecule has 2 unspecified atom stereocenters. The summed E-state index contributed by atoms with van der Waals surface area (Å²) in [6.07, 6.45) is 1.82. The molecular weight excluding hydrogens is 284 g/mol. The van der Waals surface area contributed by atoms with Crippen LogP contribution in [-0.4, -0.2) is 29.3 Å². The maximum Gasteiger partial charge on any atom is 0.245 e. The summed E-state index contributed by atoms with van der Waals surface area (Å²) in [5.74, 6) is -0.0185. The second kappa shape index (κ2) is 6.60. The number of carbonyl (C=O) groups excluding carboxylic acids is 2. The number of fused-ring (bicyclic) bond motifs is 1. The van der Waals surface area contributed by atoms with Gasteiger partial charge in [0.05, 0.1) is 6.04 Å². The molecule has 2 atom stereocenters. The quantitative estimate of drug-likeness (QED) is 0.930. The maximum absolute atomic E-state index is 12.9. The molecule has 0 saturated heterocycles. The van der Waals surface area contributed by atoms with Gasteiger partial charge in [-0.25, -0.2) is 0 Å². The van der Waals surface area contributed by atoms with Crippen LogP contribution in [0.1, 0.15) is 50.6 Å². The number of hydrogen-bond acceptors (Lipinski definition) is 3. The Balaban J connectivity index is 2.23. The average Bonchev–Trinajstić information content (AvgIpc) is 2.90. The second-order valence-corrected chi connectivity index (χ2v) is 6.93. The number of nitrogens with zero attached hydrogens (tertiary/aromatic N) is 1. The average molecular weight is 308 g/mol. The predicted molar refractivity (Wildman–Crippen MR) is 85.2 cm³/mol. The van der Waals surface area contributed by atoms with Crippen molar-refractivity contribution in [3.05, 3.63) is 21.9 Å². The first-order valence-electron chi connectivity index (χ1n) is 7.59. The van der Waals surface area contributed by atoms with Gasteiger partial charge in [-0.2, -0.15) is 0 Å². The van der Waals surface area contributed by atoms with E-state index >= 15 is 0 Å². The van der Waals surface area contributed by atoms with Gasteiger partial charge < -0.3 is 10.2 Å². The summed E-state index contributed by atoms with van der Waals surface area (Å²) in [5.41, 5.74) is 1.28. The maximum atomic E-state index is 12.9. The van der Waals surface area contributed by atoms with E-state index in [1.165, 1.54) is 17.4 Å². The molecule has 1 aliphatic rings. The largest absolute Gasteiger partial charge is 0.344 e. The Labute approximate surface area is 130 Å². The van der Waals surface area contributed by atoms with Crippen molar-refractivity contribution < 1.29 is 9.59 Å². The summed E-state index contributed by atoms with van der Waals surface area (Å²) in [4.78, 5) is 27.6. The third kappa shape index (κ3) is 3.28. The molecule has 0 aromatic carbocycles. The number of hydrogen-bond donors (Lipinski definition) is 1. The van der Waals surface area contributed by atoms with Crippen molar-refractivity contribution in [1.82, 2.24) is 10.2 Å². The first kappa shape index (κ1) is 16.0. The zero-order valence-electron chi connectivity index (χ0n) is 13.2. The molecule has 5 heteroatoms. The fraction of sp³-hybridized carbons (Fsp3) is 0.625. The SMILES string of the molecule is CCC1c2ccsc2CCN1C(=O)C(NC(C)=O)C(C)C. The van der Waals surface area contributed by atoms with Crippen LogP contribution in [0.5, 0.6) is 0 Å². The van der Waals surface area contributed by atoms with Crippen molar-refractivity contribution in [2.24, 2.45) is 5.92 Å². The van der Waals surface area contributed by atoms with Gasteiger partial charge in [0.25, 0.3) is 0 Å². The Hall–Kier alpha value is -1.36. The minimum absolute atomic E-state index is 0.0453. The molecular formula is C16H24N2O2S. The summed E-state index contributed by atoms with van der Waals surface area (Å²) in [7, 11) is 0. The molecule has 0 radical (unpaired) electrons. The third-order valence-corrected chi connectivity index (χ3v) is 5.05. The van der Waals surface area contributed by atoms with Crippen LogP contribution in [0, 0.1) is 5.92 Å². The van der Waals surface area contributed by atoms with Gasteiger partial charge in [-0.1, -0.05) is 20.8 Å². The summed E-state index contributed by atoms with van der Waals surface area (Å²) in [6, 6.07) is 1.84. The lowest BCUT2D eigenvalue weighted by atomic mass is 9.94. The van der Waals surface area contributed by atoms with Gasteiger partial charge in [0.1, 0.15) is 6.04 Å². The highest BCUT2D eigenvalue weighted by Crippen LogP contribution is 2.35. The first-order valence-corrected chi connectivity index (χ1v) is 8.47. The van der Waals surface area contributed by atoms with Crippen molar-refractivity contribution in [1.29, 1.82) is 0 Å². The molecule has 0 spiro atoms. The minimum atomic E-state index is -0.434. The third-order valence-electron chi connectivity index (χ3n) is 4.06. The van der Waals surface area contributed by atoms with Crippen LogP contribution < -0.4 is 5.32 Å². The van der Waals surface area contributed by atoms with E-state index in [4.69, 9.17) is 0 Å². The molecule has 1 aromatic rings. The molecule has 2 amide bonds. The van der Waals surface area contributed by atoms with E-state index in [1.54, 1.807) is 11.3 Å². The first-order chi connectivity index (χ1) is 9.95. The highest BCUT2D eigenvalue weighted by Gasteiger charge is 2.35. The van der Waals surface area contributed by atoms with Crippen LogP contribution in [0.15, 0.2) is 11.4 Å². The van der Waals surface area contributed by atoms with E-state index < -0.39 is 6.04 Å². The molecule has 0 saturated carbocycles. The Morgan fingerprint density at radius 2 is 2.19 bits per heavy atom. The monoisotopic (exact) mass is 308 g/mol. The summed E-state index contributed by atoms with van der Waals surface area (Å²) >= 11 is 1.78. The molecule has 4 nitrogen and oxygen atoms in total. The predicted octanol–water partition coefficient (Wildman–Crippen LogP) is 2.74. The minimum Gasteiger partial charge on any atom is -0.344 e. The van der Waals surface area contributed by atoms with E-state index in [1.807, 2.05) is 18.7 Å². The van der Waals surface area contributed by atoms with Crippen LogP contribution in [0.25, 0.3) is 0 Å². The summed E-state index contributed by atoms with van der Waals surface area (Å²) in [6.45, 7) is 8.26. The zero-order chi connectivity index (χ0) is 15.6. The van der Waals surface area contributed by atoms with Crippen molar-refractivity contribution >= 4 is 23.2 Å². The van der Waals surface area contributed by atoms with Gasteiger partial charge in [0.2, 0.25) is 11.8 Å². The van der Waals surface area contributed by atoms with E-state index in [0.29, 0.717) is 0 Å². The Kier molecular flexibility index (Phi) is 5.04. The van der Waals surface area contributed by atoms with Crippen LogP contribution >= 0.6 is 11.3 Å². The van der Waals surface area contributed by atoms with Crippen molar-refractivity contribution in [3.63, 3.8) is 0 Å². The number of rotatable bonds is 4. The number of carbonyl (C=O) groups is 2. The second-order valence-electron chi connectivity index (χ2n) is 5.93. The molecule has 0 bridgehead atoms. The van der Waals surface area contributed by atoms with Gasteiger partial charge in [-0.3, -0.25) is 9.59 Å². The fourth-order valence-corrected chi connectivity index (χ4v) is 3.94. The topological polar surface area (TPSA) is 49.4 Å². The van der Waals surface area contributed by atoms with Gasteiger partial charge >= 0.3 is 0 Å². The standard InChI is InChI=1S/C16H24N2O2S/c1-5-13-12-7-9-21-14(12)6-8-18(13)16(20)15(10(2)3)17-11(4)19/h7,9-10,13,15H,5-6,8H2,1-4H3,(H,17,19). The van der Waals surface area contributed by atoms with Crippen LogP contribution in [-0.2, 0) is 16.0 Å². The molecule has 0 fully saturated rings. The number of amides is 2. The Morgan fingerprint density at radius 1 is 1.48 bits per heavy atom. The van der Waals surface area contributed by atoms with E-state index in [2.05, 4.69) is 23.7 Å². The van der Waals surface area contributed by atoms with Crippen LogP contribution in [0.2, 0.25) is 0 Å². The number of nitrogens with one attached hydrogen (secondary N) is 1. The van der Waals surface area contributed by atoms with Gasteiger partial charge in [-0.05, 0) is 35.8 Å². The highest BCUT2D eigenvalue weighted by molar-refractivity contribution is 7.10.